The fraction of sp³-hybridized carbons (Fsp3) is 0.227. The molecule has 1 N–H and O–H groups in total. The molecular weight excluding hydrogens is 456 g/mol. The number of benzene rings is 2. The van der Waals surface area contributed by atoms with Gasteiger partial charge in [-0.1, -0.05) is 29.8 Å². The highest BCUT2D eigenvalue weighted by atomic mass is 35.5. The van der Waals surface area contributed by atoms with Crippen molar-refractivity contribution in [2.45, 2.75) is 12.3 Å². The molecule has 9 heteroatoms. The molecule has 0 unspecified atom stereocenters. The van der Waals surface area contributed by atoms with E-state index in [2.05, 4.69) is 5.32 Å². The number of nitrogens with one attached hydrogen (secondary N) is 1. The van der Waals surface area contributed by atoms with Crippen molar-refractivity contribution in [3.05, 3.63) is 88.8 Å². The van der Waals surface area contributed by atoms with E-state index in [0.29, 0.717) is 22.8 Å². The van der Waals surface area contributed by atoms with Gasteiger partial charge in [-0.2, -0.15) is 11.8 Å². The number of sulfonamides is 1. The van der Waals surface area contributed by atoms with Gasteiger partial charge in [0.15, 0.2) is 0 Å². The van der Waals surface area contributed by atoms with Crippen molar-refractivity contribution in [1.29, 1.82) is 0 Å². The van der Waals surface area contributed by atoms with Gasteiger partial charge in [0.2, 0.25) is 10.0 Å². The number of carbonyl (C=O) groups is 1. The topological polar surface area (TPSA) is 79.6 Å². The molecule has 0 aliphatic heterocycles. The van der Waals surface area contributed by atoms with Crippen molar-refractivity contribution in [1.82, 2.24) is 5.32 Å². The summed E-state index contributed by atoms with van der Waals surface area (Å²) < 4.78 is 31.1. The number of carbonyl (C=O) groups excluding carboxylic acids is 1. The first kappa shape index (κ1) is 23.2. The minimum atomic E-state index is -3.51. The lowest BCUT2D eigenvalue weighted by Gasteiger charge is -2.22. The summed E-state index contributed by atoms with van der Waals surface area (Å²) in [6, 6.07) is 17.4. The average Bonchev–Trinajstić information content (AvgIpc) is 3.25. The third-order valence-corrected chi connectivity index (χ3v) is 6.75. The van der Waals surface area contributed by atoms with E-state index in [4.69, 9.17) is 16.0 Å². The molecular formula is C22H23ClN2O4S2. The summed E-state index contributed by atoms with van der Waals surface area (Å²) >= 11 is 7.69. The average molecular weight is 479 g/mol. The molecule has 1 amide bonds. The van der Waals surface area contributed by atoms with Gasteiger partial charge in [0.25, 0.3) is 5.91 Å². The van der Waals surface area contributed by atoms with Crippen LogP contribution in [0.25, 0.3) is 0 Å². The standard InChI is InChI=1S/C22H23ClN2O4S2/c1-31(27,28)25(20-5-2-4-19(23)14-20)15-17-7-9-18(10-8-17)22(26)24-11-13-30-16-21-6-3-12-29-21/h2-10,12,14H,11,13,15-16H2,1H3,(H,24,26). The van der Waals surface area contributed by atoms with Crippen LogP contribution in [0.2, 0.25) is 5.02 Å². The van der Waals surface area contributed by atoms with Gasteiger partial charge < -0.3 is 9.73 Å². The van der Waals surface area contributed by atoms with Gasteiger partial charge in [0.05, 0.1) is 30.5 Å². The van der Waals surface area contributed by atoms with E-state index in [1.807, 2.05) is 12.1 Å². The van der Waals surface area contributed by atoms with Gasteiger partial charge in [0.1, 0.15) is 5.76 Å². The molecule has 0 aliphatic rings. The van der Waals surface area contributed by atoms with E-state index in [0.717, 1.165) is 29.1 Å². The zero-order valence-electron chi connectivity index (χ0n) is 17.0. The molecule has 0 spiro atoms. The summed E-state index contributed by atoms with van der Waals surface area (Å²) in [5, 5.41) is 3.34. The number of rotatable bonds is 10. The molecule has 0 saturated heterocycles. The molecule has 0 radical (unpaired) electrons. The molecule has 0 fully saturated rings. The van der Waals surface area contributed by atoms with Crippen LogP contribution in [-0.4, -0.2) is 32.9 Å². The second kappa shape index (κ2) is 10.7. The maximum atomic E-state index is 12.3. The van der Waals surface area contributed by atoms with Crippen LogP contribution in [0.1, 0.15) is 21.7 Å². The highest BCUT2D eigenvalue weighted by Gasteiger charge is 2.18. The van der Waals surface area contributed by atoms with Crippen LogP contribution < -0.4 is 9.62 Å². The number of hydrogen-bond donors (Lipinski definition) is 1. The summed E-state index contributed by atoms with van der Waals surface area (Å²) in [6.07, 6.45) is 2.80. The highest BCUT2D eigenvalue weighted by Crippen LogP contribution is 2.24. The van der Waals surface area contributed by atoms with Crippen molar-refractivity contribution >= 4 is 45.0 Å². The number of furan rings is 1. The number of halogens is 1. The highest BCUT2D eigenvalue weighted by molar-refractivity contribution is 7.98. The second-order valence-electron chi connectivity index (χ2n) is 6.83. The van der Waals surface area contributed by atoms with Crippen LogP contribution in [0.5, 0.6) is 0 Å². The Labute approximate surface area is 191 Å². The number of thioether (sulfide) groups is 1. The number of amides is 1. The number of nitrogens with zero attached hydrogens (tertiary/aromatic N) is 1. The van der Waals surface area contributed by atoms with Gasteiger partial charge in [-0.3, -0.25) is 9.10 Å². The molecule has 31 heavy (non-hydrogen) atoms. The Hall–Kier alpha value is -2.42. The molecule has 0 saturated carbocycles. The predicted molar refractivity (Wildman–Crippen MR) is 126 cm³/mol. The molecule has 0 aliphatic carbocycles. The molecule has 164 valence electrons. The summed E-state index contributed by atoms with van der Waals surface area (Å²) in [6.45, 7) is 0.688. The maximum Gasteiger partial charge on any atom is 0.251 e. The Morgan fingerprint density at radius 1 is 1.13 bits per heavy atom. The zero-order valence-corrected chi connectivity index (χ0v) is 19.3. The first-order chi connectivity index (χ1) is 14.8. The Kier molecular flexibility index (Phi) is 8.06. The minimum absolute atomic E-state index is 0.143. The van der Waals surface area contributed by atoms with Crippen molar-refractivity contribution in [3.63, 3.8) is 0 Å². The molecule has 1 aromatic heterocycles. The number of anilines is 1. The van der Waals surface area contributed by atoms with Crippen LogP contribution in [0.4, 0.5) is 5.69 Å². The molecule has 3 aromatic rings. The van der Waals surface area contributed by atoms with Crippen LogP contribution in [0, 0.1) is 0 Å². The predicted octanol–water partition coefficient (Wildman–Crippen LogP) is 4.56. The lowest BCUT2D eigenvalue weighted by Crippen LogP contribution is -2.29. The van der Waals surface area contributed by atoms with Gasteiger partial charge in [0, 0.05) is 22.9 Å². The smallest absolute Gasteiger partial charge is 0.251 e. The molecule has 3 rings (SSSR count). The summed E-state index contributed by atoms with van der Waals surface area (Å²) in [4.78, 5) is 12.3. The Bertz CT molecular complexity index is 1100. The van der Waals surface area contributed by atoms with E-state index in [-0.39, 0.29) is 12.5 Å². The van der Waals surface area contributed by atoms with Crippen molar-refractivity contribution in [3.8, 4) is 0 Å². The molecule has 6 nitrogen and oxygen atoms in total. The Balaban J connectivity index is 1.55. The summed E-state index contributed by atoms with van der Waals surface area (Å²) in [5.41, 5.74) is 1.77. The van der Waals surface area contributed by atoms with Crippen LogP contribution in [0.3, 0.4) is 0 Å². The third kappa shape index (κ3) is 7.05. The van der Waals surface area contributed by atoms with Gasteiger partial charge in [-0.15, -0.1) is 0 Å². The zero-order chi connectivity index (χ0) is 22.3. The lowest BCUT2D eigenvalue weighted by molar-refractivity contribution is 0.0956. The van der Waals surface area contributed by atoms with Gasteiger partial charge in [-0.05, 0) is 48.0 Å². The van der Waals surface area contributed by atoms with E-state index in [1.165, 1.54) is 4.31 Å². The quantitative estimate of drug-likeness (QED) is 0.432. The fourth-order valence-corrected chi connectivity index (χ4v) is 4.69. The number of hydrogen-bond acceptors (Lipinski definition) is 5. The van der Waals surface area contributed by atoms with Crippen LogP contribution in [0.15, 0.2) is 71.3 Å². The lowest BCUT2D eigenvalue weighted by atomic mass is 10.1. The SMILES string of the molecule is CS(=O)(=O)N(Cc1ccc(C(=O)NCCSCc2ccco2)cc1)c1cccc(Cl)c1. The first-order valence-corrected chi connectivity index (χ1v) is 12.9. The minimum Gasteiger partial charge on any atom is -0.468 e. The van der Waals surface area contributed by atoms with E-state index in [9.17, 15) is 13.2 Å². The van der Waals surface area contributed by atoms with Gasteiger partial charge >= 0.3 is 0 Å². The molecule has 0 atom stereocenters. The monoisotopic (exact) mass is 478 g/mol. The van der Waals surface area contributed by atoms with Crippen molar-refractivity contribution in [2.75, 3.05) is 22.9 Å². The second-order valence-corrected chi connectivity index (χ2v) is 10.3. The molecule has 2 aromatic carbocycles. The normalized spacial score (nSPS) is 11.3. The summed E-state index contributed by atoms with van der Waals surface area (Å²) in [7, 11) is -3.51. The molecule has 0 bridgehead atoms. The summed E-state index contributed by atoms with van der Waals surface area (Å²) in [5.74, 6) is 2.28. The molecule has 1 heterocycles. The fourth-order valence-electron chi connectivity index (χ4n) is 2.86. The van der Waals surface area contributed by atoms with Crippen LogP contribution >= 0.6 is 23.4 Å². The largest absolute Gasteiger partial charge is 0.468 e. The first-order valence-electron chi connectivity index (χ1n) is 9.53. The van der Waals surface area contributed by atoms with E-state index < -0.39 is 10.0 Å². The van der Waals surface area contributed by atoms with Crippen molar-refractivity contribution < 1.29 is 17.6 Å². The van der Waals surface area contributed by atoms with E-state index in [1.54, 1.807) is 66.6 Å². The third-order valence-electron chi connectivity index (χ3n) is 4.40. The maximum absolute atomic E-state index is 12.3. The van der Waals surface area contributed by atoms with Crippen LogP contribution in [-0.2, 0) is 22.3 Å². The Morgan fingerprint density at radius 3 is 2.55 bits per heavy atom. The van der Waals surface area contributed by atoms with Gasteiger partial charge in [-0.25, -0.2) is 8.42 Å². The Morgan fingerprint density at radius 2 is 1.90 bits per heavy atom. The van der Waals surface area contributed by atoms with E-state index >= 15 is 0 Å². The van der Waals surface area contributed by atoms with Crippen molar-refractivity contribution in [2.24, 2.45) is 0 Å².